The average molecular weight is 362 g/mol. The van der Waals surface area contributed by atoms with Gasteiger partial charge in [0.15, 0.2) is 17.3 Å². The Morgan fingerprint density at radius 2 is 1.77 bits per heavy atom. The van der Waals surface area contributed by atoms with Gasteiger partial charge in [0.1, 0.15) is 13.2 Å². The maximum Gasteiger partial charge on any atom is 0.186 e. The molecule has 3 aromatic rings. The summed E-state index contributed by atoms with van der Waals surface area (Å²) in [5.41, 5.74) is 1.89. The summed E-state index contributed by atoms with van der Waals surface area (Å²) in [4.78, 5) is 14.8. The molecular weight excluding hydrogens is 344 g/mol. The number of hydrogen-bond acceptors (Lipinski definition) is 4. The lowest BCUT2D eigenvalue weighted by Crippen LogP contribution is -2.15. The first-order valence-corrected chi connectivity index (χ1v) is 9.34. The summed E-state index contributed by atoms with van der Waals surface area (Å²) >= 11 is 1.70. The fourth-order valence-electron chi connectivity index (χ4n) is 2.83. The Kier molecular flexibility index (Phi) is 4.84. The molecule has 2 heterocycles. The third-order valence-corrected chi connectivity index (χ3v) is 5.18. The van der Waals surface area contributed by atoms with Gasteiger partial charge in [0.2, 0.25) is 0 Å². The summed E-state index contributed by atoms with van der Waals surface area (Å²) in [5, 5.41) is 0. The minimum atomic E-state index is -0.0417. The molecule has 2 aromatic carbocycles. The maximum atomic E-state index is 12.4. The normalized spacial score (nSPS) is 13.1. The van der Waals surface area contributed by atoms with E-state index < -0.39 is 0 Å². The molecule has 0 saturated carbocycles. The molecule has 26 heavy (non-hydrogen) atoms. The number of fused-ring (bicyclic) bond motifs is 1. The largest absolute Gasteiger partial charge is 0.486 e. The first-order chi connectivity index (χ1) is 12.8. The molecule has 1 aliphatic heterocycles. The molecule has 0 amide bonds. The molecule has 3 nitrogen and oxygen atoms in total. The monoisotopic (exact) mass is 362 g/mol. The van der Waals surface area contributed by atoms with Crippen molar-refractivity contribution in [2.45, 2.75) is 6.42 Å². The van der Waals surface area contributed by atoms with Crippen LogP contribution in [0.15, 0.2) is 66.7 Å². The van der Waals surface area contributed by atoms with Crippen LogP contribution in [0.25, 0.3) is 6.08 Å². The van der Waals surface area contributed by atoms with Crippen LogP contribution in [0.2, 0.25) is 0 Å². The molecule has 1 aromatic heterocycles. The summed E-state index contributed by atoms with van der Waals surface area (Å²) in [6.07, 6.45) is 4.40. The van der Waals surface area contributed by atoms with Gasteiger partial charge in [-0.25, -0.2) is 0 Å². The zero-order chi connectivity index (χ0) is 17.8. The summed E-state index contributed by atoms with van der Waals surface area (Å²) in [6, 6.07) is 19.9. The highest BCUT2D eigenvalue weighted by atomic mass is 32.1. The van der Waals surface area contributed by atoms with Crippen LogP contribution >= 0.6 is 11.3 Å². The van der Waals surface area contributed by atoms with E-state index in [1.165, 1.54) is 10.4 Å². The van der Waals surface area contributed by atoms with E-state index >= 15 is 0 Å². The molecule has 0 spiro atoms. The van der Waals surface area contributed by atoms with E-state index in [1.807, 2.05) is 12.1 Å². The van der Waals surface area contributed by atoms with Crippen LogP contribution in [0.5, 0.6) is 11.5 Å². The molecule has 0 atom stereocenters. The number of carbonyl (C=O) groups is 1. The van der Waals surface area contributed by atoms with Crippen molar-refractivity contribution in [1.82, 2.24) is 0 Å². The molecule has 0 bridgehead atoms. The number of carbonyl (C=O) groups excluding carboxylic acids is 1. The second kappa shape index (κ2) is 7.58. The van der Waals surface area contributed by atoms with Crippen LogP contribution < -0.4 is 9.47 Å². The van der Waals surface area contributed by atoms with Crippen molar-refractivity contribution in [3.8, 4) is 11.5 Å². The van der Waals surface area contributed by atoms with Crippen LogP contribution in [-0.2, 0) is 6.42 Å². The molecule has 0 N–H and O–H groups in total. The lowest BCUT2D eigenvalue weighted by molar-refractivity contribution is 0.104. The number of thiophene rings is 1. The van der Waals surface area contributed by atoms with Gasteiger partial charge < -0.3 is 9.47 Å². The zero-order valence-corrected chi connectivity index (χ0v) is 15.0. The fourth-order valence-corrected chi connectivity index (χ4v) is 3.78. The van der Waals surface area contributed by atoms with Crippen molar-refractivity contribution in [1.29, 1.82) is 0 Å². The summed E-state index contributed by atoms with van der Waals surface area (Å²) < 4.78 is 11.0. The number of ketones is 1. The number of hydrogen-bond donors (Lipinski definition) is 0. The lowest BCUT2D eigenvalue weighted by atomic mass is 10.1. The Hall–Kier alpha value is -2.85. The lowest BCUT2D eigenvalue weighted by Gasteiger charge is -2.18. The van der Waals surface area contributed by atoms with Crippen LogP contribution in [0.3, 0.4) is 0 Å². The van der Waals surface area contributed by atoms with Gasteiger partial charge in [0.05, 0.1) is 0 Å². The second-order valence-electron chi connectivity index (χ2n) is 6.02. The summed E-state index contributed by atoms with van der Waals surface area (Å²) in [5.74, 6) is 1.29. The highest BCUT2D eigenvalue weighted by Crippen LogP contribution is 2.31. The highest BCUT2D eigenvalue weighted by Gasteiger charge is 2.13. The van der Waals surface area contributed by atoms with Crippen molar-refractivity contribution >= 4 is 23.2 Å². The maximum absolute atomic E-state index is 12.4. The van der Waals surface area contributed by atoms with Gasteiger partial charge in [-0.1, -0.05) is 30.3 Å². The zero-order valence-electron chi connectivity index (χ0n) is 14.2. The number of benzene rings is 2. The van der Waals surface area contributed by atoms with Crippen molar-refractivity contribution in [3.05, 3.63) is 87.6 Å². The van der Waals surface area contributed by atoms with Crippen LogP contribution in [0.1, 0.15) is 25.7 Å². The molecule has 0 saturated heterocycles. The van der Waals surface area contributed by atoms with Crippen molar-refractivity contribution in [2.24, 2.45) is 0 Å². The Balaban J connectivity index is 1.44. The van der Waals surface area contributed by atoms with Gasteiger partial charge in [0.25, 0.3) is 0 Å². The van der Waals surface area contributed by atoms with Gasteiger partial charge in [-0.3, -0.25) is 4.79 Å². The minimum Gasteiger partial charge on any atom is -0.486 e. The van der Waals surface area contributed by atoms with Crippen molar-refractivity contribution in [2.75, 3.05) is 13.2 Å². The highest BCUT2D eigenvalue weighted by molar-refractivity contribution is 7.12. The standard InChI is InChI=1S/C22H18O3S/c23-20(17-6-11-21-22(15-17)25-13-12-24-21)10-9-18-7-8-19(26-18)14-16-4-2-1-3-5-16/h1-11,15H,12-14H2/b10-9+. The average Bonchev–Trinajstić information content (AvgIpc) is 3.14. The smallest absolute Gasteiger partial charge is 0.186 e. The van der Waals surface area contributed by atoms with Crippen LogP contribution in [0.4, 0.5) is 0 Å². The van der Waals surface area contributed by atoms with Gasteiger partial charge in [-0.2, -0.15) is 0 Å². The van der Waals surface area contributed by atoms with E-state index in [0.717, 1.165) is 11.3 Å². The summed E-state index contributed by atoms with van der Waals surface area (Å²) in [6.45, 7) is 1.06. The van der Waals surface area contributed by atoms with Gasteiger partial charge in [-0.15, -0.1) is 11.3 Å². The molecule has 0 unspecified atom stereocenters. The fraction of sp³-hybridized carbons (Fsp3) is 0.136. The van der Waals surface area contributed by atoms with Crippen LogP contribution in [0, 0.1) is 0 Å². The molecule has 4 heteroatoms. The SMILES string of the molecule is O=C(/C=C/c1ccc(Cc2ccccc2)s1)c1ccc2c(c1)OCCO2. The van der Waals surface area contributed by atoms with Crippen LogP contribution in [-0.4, -0.2) is 19.0 Å². The second-order valence-corrected chi connectivity index (χ2v) is 7.22. The third kappa shape index (κ3) is 3.86. The first-order valence-electron chi connectivity index (χ1n) is 8.53. The van der Waals surface area contributed by atoms with E-state index in [2.05, 4.69) is 36.4 Å². The molecule has 130 valence electrons. The Morgan fingerprint density at radius 3 is 2.62 bits per heavy atom. The Morgan fingerprint density at radius 1 is 0.962 bits per heavy atom. The molecular formula is C22H18O3S. The van der Waals surface area contributed by atoms with E-state index in [9.17, 15) is 4.79 Å². The molecule has 0 radical (unpaired) electrons. The predicted molar refractivity (Wildman–Crippen MR) is 104 cm³/mol. The first kappa shape index (κ1) is 16.6. The minimum absolute atomic E-state index is 0.0417. The molecule has 4 rings (SSSR count). The number of ether oxygens (including phenoxy) is 2. The quantitative estimate of drug-likeness (QED) is 0.473. The van der Waals surface area contributed by atoms with E-state index in [0.29, 0.717) is 30.3 Å². The Bertz CT molecular complexity index is 941. The molecule has 1 aliphatic rings. The third-order valence-electron chi connectivity index (χ3n) is 4.13. The van der Waals surface area contributed by atoms with E-state index in [-0.39, 0.29) is 5.78 Å². The molecule has 0 aliphatic carbocycles. The topological polar surface area (TPSA) is 35.5 Å². The van der Waals surface area contributed by atoms with Crippen molar-refractivity contribution < 1.29 is 14.3 Å². The van der Waals surface area contributed by atoms with E-state index in [1.54, 1.807) is 35.6 Å². The number of rotatable bonds is 5. The Labute approximate surface area is 156 Å². The van der Waals surface area contributed by atoms with Gasteiger partial charge >= 0.3 is 0 Å². The van der Waals surface area contributed by atoms with Gasteiger partial charge in [0, 0.05) is 21.7 Å². The summed E-state index contributed by atoms with van der Waals surface area (Å²) in [7, 11) is 0. The van der Waals surface area contributed by atoms with Gasteiger partial charge in [-0.05, 0) is 48.0 Å². The van der Waals surface area contributed by atoms with Crippen molar-refractivity contribution in [3.63, 3.8) is 0 Å². The molecule has 0 fully saturated rings. The predicted octanol–water partition coefficient (Wildman–Crippen LogP) is 5.01. The van der Waals surface area contributed by atoms with E-state index in [4.69, 9.17) is 9.47 Å². The number of allylic oxidation sites excluding steroid dienone is 1.